The average Bonchev–Trinajstić information content (AvgIpc) is 2.58. The molecule has 3 nitrogen and oxygen atoms in total. The number of para-hydroxylation sites is 1. The van der Waals surface area contributed by atoms with Gasteiger partial charge in [0.15, 0.2) is 0 Å². The Morgan fingerprint density at radius 1 is 1.04 bits per heavy atom. The van der Waals surface area contributed by atoms with Gasteiger partial charge in [0.1, 0.15) is 0 Å². The second kappa shape index (κ2) is 9.83. The van der Waals surface area contributed by atoms with Crippen LogP contribution in [0.5, 0.6) is 0 Å². The normalized spacial score (nSPS) is 23.5. The zero-order valence-corrected chi connectivity index (χ0v) is 14.1. The van der Waals surface area contributed by atoms with Crippen LogP contribution in [-0.4, -0.2) is 23.7 Å². The van der Waals surface area contributed by atoms with E-state index < -0.39 is 7.12 Å². The van der Waals surface area contributed by atoms with Crippen LogP contribution in [-0.2, 0) is 0 Å². The predicted octanol–water partition coefficient (Wildman–Crippen LogP) is 3.83. The minimum absolute atomic E-state index is 0.412. The van der Waals surface area contributed by atoms with Gasteiger partial charge in [0.2, 0.25) is 0 Å². The molecular formula is C19H20BNO2S. The van der Waals surface area contributed by atoms with E-state index in [1.54, 1.807) is 18.2 Å². The summed E-state index contributed by atoms with van der Waals surface area (Å²) in [6.07, 6.45) is 14.9. The van der Waals surface area contributed by atoms with Crippen molar-refractivity contribution in [3.63, 3.8) is 0 Å². The molecular weight excluding hydrogens is 317 g/mol. The van der Waals surface area contributed by atoms with Crippen molar-refractivity contribution in [2.45, 2.75) is 0 Å². The molecule has 1 aliphatic rings. The summed E-state index contributed by atoms with van der Waals surface area (Å²) in [5, 5.41) is 20.9. The fourth-order valence-corrected chi connectivity index (χ4v) is 2.50. The zero-order chi connectivity index (χ0) is 17.2. The van der Waals surface area contributed by atoms with E-state index in [9.17, 15) is 10.0 Å². The van der Waals surface area contributed by atoms with Crippen molar-refractivity contribution in [1.82, 2.24) is 0 Å². The number of hydrogen-bond acceptors (Lipinski definition) is 4. The molecule has 122 valence electrons. The predicted molar refractivity (Wildman–Crippen MR) is 105 cm³/mol. The third-order valence-corrected chi connectivity index (χ3v) is 3.98. The highest BCUT2D eigenvalue weighted by molar-refractivity contribution is 8.06. The van der Waals surface area contributed by atoms with Crippen molar-refractivity contribution in [3.05, 3.63) is 101 Å². The molecule has 0 amide bonds. The standard InChI is InChI=1S/C19H20BNO2S/c1-17-9-4-3-7-14-21(19-11-5-2-6-12-19)15-13-18(20(22)23)10-8-16-24-17/h2-13,15-16,22-23H,1,14H2/b7-3-,9-4-,15-13+,16-8+,18-10+. The first-order valence-corrected chi connectivity index (χ1v) is 8.46. The first-order valence-electron chi connectivity index (χ1n) is 7.58. The molecule has 0 fully saturated rings. The molecule has 0 saturated heterocycles. The molecule has 2 N–H and O–H groups in total. The van der Waals surface area contributed by atoms with Crippen LogP contribution in [0, 0.1) is 0 Å². The number of allylic oxidation sites excluding steroid dienone is 7. The van der Waals surface area contributed by atoms with Crippen LogP contribution in [0.2, 0.25) is 0 Å². The van der Waals surface area contributed by atoms with Gasteiger partial charge < -0.3 is 14.9 Å². The number of nitrogens with zero attached hydrogens (tertiary/aromatic N) is 1. The topological polar surface area (TPSA) is 43.7 Å². The van der Waals surface area contributed by atoms with Crippen molar-refractivity contribution in [1.29, 1.82) is 0 Å². The number of anilines is 1. The largest absolute Gasteiger partial charge is 0.488 e. The summed E-state index contributed by atoms with van der Waals surface area (Å²) in [5.74, 6) is 0. The van der Waals surface area contributed by atoms with Crippen LogP contribution < -0.4 is 4.90 Å². The summed E-state index contributed by atoms with van der Waals surface area (Å²) in [6.45, 7) is 4.61. The van der Waals surface area contributed by atoms with Crippen molar-refractivity contribution in [2.24, 2.45) is 0 Å². The van der Waals surface area contributed by atoms with Gasteiger partial charge >= 0.3 is 7.12 Å². The molecule has 1 heterocycles. The molecule has 0 unspecified atom stereocenters. The van der Waals surface area contributed by atoms with Crippen LogP contribution in [0.1, 0.15) is 0 Å². The number of rotatable bonds is 2. The molecule has 5 heteroatoms. The van der Waals surface area contributed by atoms with Crippen molar-refractivity contribution in [2.75, 3.05) is 11.4 Å². The van der Waals surface area contributed by atoms with E-state index in [1.165, 1.54) is 11.8 Å². The van der Waals surface area contributed by atoms with Gasteiger partial charge in [-0.15, -0.1) is 0 Å². The minimum Gasteiger partial charge on any atom is -0.423 e. The number of thioether (sulfide) groups is 1. The summed E-state index contributed by atoms with van der Waals surface area (Å²) in [7, 11) is -1.53. The monoisotopic (exact) mass is 337 g/mol. The van der Waals surface area contributed by atoms with Crippen molar-refractivity contribution >= 4 is 24.6 Å². The molecule has 0 bridgehead atoms. The molecule has 24 heavy (non-hydrogen) atoms. The first-order chi connectivity index (χ1) is 11.7. The lowest BCUT2D eigenvalue weighted by Gasteiger charge is -2.19. The van der Waals surface area contributed by atoms with Gasteiger partial charge in [-0.1, -0.05) is 66.9 Å². The molecule has 2 rings (SSSR count). The Hall–Kier alpha value is -2.21. The highest BCUT2D eigenvalue weighted by Gasteiger charge is 2.11. The van der Waals surface area contributed by atoms with Crippen molar-refractivity contribution in [3.8, 4) is 0 Å². The Kier molecular flexibility index (Phi) is 7.43. The molecule has 0 saturated carbocycles. The fraction of sp³-hybridized carbons (Fsp3) is 0.0526. The Balaban J connectivity index is 2.33. The summed E-state index contributed by atoms with van der Waals surface area (Å²) in [4.78, 5) is 2.93. The summed E-state index contributed by atoms with van der Waals surface area (Å²) >= 11 is 1.48. The van der Waals surface area contributed by atoms with E-state index in [1.807, 2.05) is 71.1 Å². The SMILES string of the molecule is C=C1/C=C\C=C/CN(c2ccccc2)/C=C/C(B(O)O)=C\C=C\S1. The van der Waals surface area contributed by atoms with Gasteiger partial charge in [-0.3, -0.25) is 0 Å². The zero-order valence-electron chi connectivity index (χ0n) is 13.3. The fourth-order valence-electron chi connectivity index (χ4n) is 2.01. The van der Waals surface area contributed by atoms with Gasteiger partial charge in [-0.2, -0.15) is 0 Å². The minimum atomic E-state index is -1.53. The smallest absolute Gasteiger partial charge is 0.423 e. The molecule has 0 atom stereocenters. The molecule has 0 aliphatic carbocycles. The second-order valence-corrected chi connectivity index (χ2v) is 6.08. The van der Waals surface area contributed by atoms with Crippen LogP contribution in [0.4, 0.5) is 5.69 Å². The van der Waals surface area contributed by atoms with Gasteiger partial charge in [0.05, 0.1) is 0 Å². The molecule has 1 aliphatic heterocycles. The summed E-state index contributed by atoms with van der Waals surface area (Å²) in [6, 6.07) is 9.93. The van der Waals surface area contributed by atoms with Gasteiger partial charge in [0.25, 0.3) is 0 Å². The lowest BCUT2D eigenvalue weighted by atomic mass is 9.79. The van der Waals surface area contributed by atoms with E-state index >= 15 is 0 Å². The van der Waals surface area contributed by atoms with E-state index in [4.69, 9.17) is 0 Å². The Bertz CT molecular complexity index is 691. The maximum absolute atomic E-state index is 9.53. The maximum atomic E-state index is 9.53. The highest BCUT2D eigenvalue weighted by Crippen LogP contribution is 2.18. The third kappa shape index (κ3) is 6.12. The van der Waals surface area contributed by atoms with Gasteiger partial charge in [-0.05, 0) is 35.2 Å². The van der Waals surface area contributed by atoms with Crippen LogP contribution in [0.15, 0.2) is 101 Å². The first kappa shape index (κ1) is 18.1. The molecule has 0 aromatic heterocycles. The van der Waals surface area contributed by atoms with Gasteiger partial charge in [-0.25, -0.2) is 0 Å². The number of hydrogen-bond donors (Lipinski definition) is 2. The van der Waals surface area contributed by atoms with Crippen LogP contribution >= 0.6 is 11.8 Å². The molecule has 0 radical (unpaired) electrons. The second-order valence-electron chi connectivity index (χ2n) is 5.04. The van der Waals surface area contributed by atoms with Crippen molar-refractivity contribution < 1.29 is 10.0 Å². The summed E-state index contributed by atoms with van der Waals surface area (Å²) < 4.78 is 0. The Labute approximate surface area is 147 Å². The van der Waals surface area contributed by atoms with E-state index in [-0.39, 0.29) is 0 Å². The Morgan fingerprint density at radius 3 is 2.58 bits per heavy atom. The Morgan fingerprint density at radius 2 is 1.83 bits per heavy atom. The van der Waals surface area contributed by atoms with E-state index in [0.717, 1.165) is 10.6 Å². The quantitative estimate of drug-likeness (QED) is 0.805. The van der Waals surface area contributed by atoms with Crippen LogP contribution in [0.25, 0.3) is 0 Å². The van der Waals surface area contributed by atoms with Gasteiger partial charge in [0, 0.05) is 23.3 Å². The van der Waals surface area contributed by atoms with Crippen LogP contribution in [0.3, 0.4) is 0 Å². The average molecular weight is 337 g/mol. The molecule has 0 spiro atoms. The third-order valence-electron chi connectivity index (χ3n) is 3.25. The van der Waals surface area contributed by atoms with E-state index in [2.05, 4.69) is 6.58 Å². The number of benzene rings is 1. The molecule has 1 aromatic carbocycles. The van der Waals surface area contributed by atoms with E-state index in [0.29, 0.717) is 12.0 Å². The summed E-state index contributed by atoms with van der Waals surface area (Å²) in [5.41, 5.74) is 1.44. The lowest BCUT2D eigenvalue weighted by molar-refractivity contribution is 0.420. The molecule has 1 aromatic rings. The highest BCUT2D eigenvalue weighted by atomic mass is 32.2. The lowest BCUT2D eigenvalue weighted by Crippen LogP contribution is -2.18. The maximum Gasteiger partial charge on any atom is 0.488 e.